The van der Waals surface area contributed by atoms with Gasteiger partial charge in [-0.15, -0.1) is 11.3 Å². The van der Waals surface area contributed by atoms with E-state index in [4.69, 9.17) is 0 Å². The minimum absolute atomic E-state index is 0.0101. The highest BCUT2D eigenvalue weighted by Crippen LogP contribution is 2.26. The summed E-state index contributed by atoms with van der Waals surface area (Å²) in [6, 6.07) is 7.25. The van der Waals surface area contributed by atoms with Gasteiger partial charge in [-0.1, -0.05) is 12.1 Å². The van der Waals surface area contributed by atoms with Crippen molar-refractivity contribution in [3.05, 3.63) is 35.2 Å². The smallest absolute Gasteiger partial charge is 0.337 e. The molecule has 106 valence electrons. The van der Waals surface area contributed by atoms with Gasteiger partial charge in [-0.05, 0) is 32.9 Å². The molecule has 0 aliphatic heterocycles. The number of carbonyl (C=O) groups excluding carboxylic acids is 1. The van der Waals surface area contributed by atoms with Gasteiger partial charge in [0.2, 0.25) is 0 Å². The van der Waals surface area contributed by atoms with E-state index >= 15 is 0 Å². The van der Waals surface area contributed by atoms with Crippen molar-refractivity contribution in [3.8, 4) is 11.3 Å². The number of methoxy groups -OCH3 is 1. The molecule has 1 aromatic heterocycles. The lowest BCUT2D eigenvalue weighted by molar-refractivity contribution is 0.0601. The minimum atomic E-state index is -0.329. The molecular formula is C15H18N2O2S. The van der Waals surface area contributed by atoms with Gasteiger partial charge in [0.15, 0.2) is 5.13 Å². The van der Waals surface area contributed by atoms with Crippen LogP contribution in [0.1, 0.15) is 31.1 Å². The maximum absolute atomic E-state index is 11.4. The Bertz CT molecular complexity index is 597. The average molecular weight is 290 g/mol. The van der Waals surface area contributed by atoms with Gasteiger partial charge in [0.25, 0.3) is 0 Å². The molecule has 1 aromatic carbocycles. The van der Waals surface area contributed by atoms with Crippen molar-refractivity contribution in [1.29, 1.82) is 0 Å². The summed E-state index contributed by atoms with van der Waals surface area (Å²) in [7, 11) is 1.38. The molecule has 0 fully saturated rings. The van der Waals surface area contributed by atoms with Crippen LogP contribution in [-0.4, -0.2) is 23.6 Å². The Hall–Kier alpha value is -1.88. The summed E-state index contributed by atoms with van der Waals surface area (Å²) in [6.07, 6.45) is 0. The van der Waals surface area contributed by atoms with Gasteiger partial charge >= 0.3 is 5.97 Å². The van der Waals surface area contributed by atoms with E-state index in [0.717, 1.165) is 16.4 Å². The quantitative estimate of drug-likeness (QED) is 0.873. The molecule has 2 rings (SSSR count). The average Bonchev–Trinajstić information content (AvgIpc) is 2.84. The third-order valence-corrected chi connectivity index (χ3v) is 3.35. The van der Waals surface area contributed by atoms with Crippen molar-refractivity contribution in [3.63, 3.8) is 0 Å². The highest BCUT2D eigenvalue weighted by molar-refractivity contribution is 7.14. The second-order valence-electron chi connectivity index (χ2n) is 5.48. The maximum atomic E-state index is 11.4. The number of aromatic nitrogens is 1. The number of thiazole rings is 1. The third-order valence-electron chi connectivity index (χ3n) is 2.59. The number of carbonyl (C=O) groups is 1. The number of rotatable bonds is 3. The molecule has 0 atom stereocenters. The van der Waals surface area contributed by atoms with Crippen LogP contribution in [0.4, 0.5) is 5.13 Å². The second-order valence-corrected chi connectivity index (χ2v) is 6.34. The van der Waals surface area contributed by atoms with Crippen molar-refractivity contribution < 1.29 is 9.53 Å². The summed E-state index contributed by atoms with van der Waals surface area (Å²) in [5.41, 5.74) is 2.41. The second kappa shape index (κ2) is 5.63. The molecular weight excluding hydrogens is 272 g/mol. The fourth-order valence-electron chi connectivity index (χ4n) is 1.68. The molecule has 0 spiro atoms. The van der Waals surface area contributed by atoms with Crippen LogP contribution in [0.2, 0.25) is 0 Å². The standard InChI is InChI=1S/C15H18N2O2S/c1-15(2,3)17-14-16-12(9-20-14)10-5-7-11(8-6-10)13(18)19-4/h5-9H,1-4H3,(H,16,17). The number of nitrogens with zero attached hydrogens (tertiary/aromatic N) is 1. The molecule has 0 aliphatic carbocycles. The fraction of sp³-hybridized carbons (Fsp3) is 0.333. The Kier molecular flexibility index (Phi) is 4.09. The maximum Gasteiger partial charge on any atom is 0.337 e. The summed E-state index contributed by atoms with van der Waals surface area (Å²) in [5.74, 6) is -0.329. The van der Waals surface area contributed by atoms with Crippen molar-refractivity contribution in [1.82, 2.24) is 4.98 Å². The Labute approximate surface area is 122 Å². The largest absolute Gasteiger partial charge is 0.465 e. The van der Waals surface area contributed by atoms with E-state index < -0.39 is 0 Å². The lowest BCUT2D eigenvalue weighted by atomic mass is 10.1. The zero-order valence-corrected chi connectivity index (χ0v) is 12.9. The van der Waals surface area contributed by atoms with Gasteiger partial charge in [0.05, 0.1) is 18.4 Å². The summed E-state index contributed by atoms with van der Waals surface area (Å²) in [6.45, 7) is 6.29. The van der Waals surface area contributed by atoms with Crippen molar-refractivity contribution in [2.24, 2.45) is 0 Å². The molecule has 0 radical (unpaired) electrons. The molecule has 4 nitrogen and oxygen atoms in total. The van der Waals surface area contributed by atoms with E-state index in [2.05, 4.69) is 35.8 Å². The van der Waals surface area contributed by atoms with Crippen LogP contribution in [0.25, 0.3) is 11.3 Å². The van der Waals surface area contributed by atoms with Gasteiger partial charge in [-0.2, -0.15) is 0 Å². The first-order chi connectivity index (χ1) is 9.39. The van der Waals surface area contributed by atoms with Gasteiger partial charge in [0, 0.05) is 16.5 Å². The predicted octanol–water partition coefficient (Wildman–Crippen LogP) is 3.81. The Morgan fingerprint density at radius 1 is 1.25 bits per heavy atom. The van der Waals surface area contributed by atoms with E-state index in [1.54, 1.807) is 23.5 Å². The van der Waals surface area contributed by atoms with Crippen LogP contribution >= 0.6 is 11.3 Å². The molecule has 2 aromatic rings. The van der Waals surface area contributed by atoms with Crippen molar-refractivity contribution >= 4 is 22.4 Å². The molecule has 1 N–H and O–H groups in total. The molecule has 0 saturated carbocycles. The first kappa shape index (κ1) is 14.5. The number of hydrogen-bond acceptors (Lipinski definition) is 5. The first-order valence-corrected chi connectivity index (χ1v) is 7.19. The molecule has 0 saturated heterocycles. The van der Waals surface area contributed by atoms with E-state index in [1.165, 1.54) is 7.11 Å². The molecule has 0 amide bonds. The number of anilines is 1. The summed E-state index contributed by atoms with van der Waals surface area (Å²) in [4.78, 5) is 15.9. The highest BCUT2D eigenvalue weighted by atomic mass is 32.1. The van der Waals surface area contributed by atoms with Crippen molar-refractivity contribution in [2.45, 2.75) is 26.3 Å². The lowest BCUT2D eigenvalue weighted by Crippen LogP contribution is -2.25. The van der Waals surface area contributed by atoms with Crippen LogP contribution in [0.15, 0.2) is 29.6 Å². The number of nitrogens with one attached hydrogen (secondary N) is 1. The Balaban J connectivity index is 2.18. The number of esters is 1. The van der Waals surface area contributed by atoms with E-state index in [1.807, 2.05) is 17.5 Å². The van der Waals surface area contributed by atoms with Crippen LogP contribution in [-0.2, 0) is 4.74 Å². The zero-order valence-electron chi connectivity index (χ0n) is 12.1. The van der Waals surface area contributed by atoms with Crippen LogP contribution in [0.5, 0.6) is 0 Å². The summed E-state index contributed by atoms with van der Waals surface area (Å²) < 4.78 is 4.68. The highest BCUT2D eigenvalue weighted by Gasteiger charge is 2.13. The van der Waals surface area contributed by atoms with Crippen LogP contribution in [0.3, 0.4) is 0 Å². The monoisotopic (exact) mass is 290 g/mol. The van der Waals surface area contributed by atoms with Gasteiger partial charge < -0.3 is 10.1 Å². The third kappa shape index (κ3) is 3.57. The van der Waals surface area contributed by atoms with Gasteiger partial charge in [0.1, 0.15) is 0 Å². The van der Waals surface area contributed by atoms with Crippen molar-refractivity contribution in [2.75, 3.05) is 12.4 Å². The van der Waals surface area contributed by atoms with Crippen LogP contribution < -0.4 is 5.32 Å². The summed E-state index contributed by atoms with van der Waals surface area (Å²) in [5, 5.41) is 6.24. The fourth-order valence-corrected chi connectivity index (χ4v) is 2.61. The molecule has 1 heterocycles. The van der Waals surface area contributed by atoms with Crippen LogP contribution in [0, 0.1) is 0 Å². The SMILES string of the molecule is COC(=O)c1ccc(-c2csc(NC(C)(C)C)n2)cc1. The number of hydrogen-bond donors (Lipinski definition) is 1. The lowest BCUT2D eigenvalue weighted by Gasteiger charge is -2.19. The van der Waals surface area contributed by atoms with Gasteiger partial charge in [-0.3, -0.25) is 0 Å². The Morgan fingerprint density at radius 2 is 1.90 bits per heavy atom. The summed E-state index contributed by atoms with van der Waals surface area (Å²) >= 11 is 1.57. The molecule has 0 bridgehead atoms. The topological polar surface area (TPSA) is 51.2 Å². The van der Waals surface area contributed by atoms with E-state index in [9.17, 15) is 4.79 Å². The zero-order chi connectivity index (χ0) is 14.8. The Morgan fingerprint density at radius 3 is 2.45 bits per heavy atom. The number of benzene rings is 1. The van der Waals surface area contributed by atoms with Gasteiger partial charge in [-0.25, -0.2) is 9.78 Å². The predicted molar refractivity (Wildman–Crippen MR) is 82.3 cm³/mol. The number of ether oxygens (including phenoxy) is 1. The molecule has 0 aliphatic rings. The first-order valence-electron chi connectivity index (χ1n) is 6.31. The molecule has 20 heavy (non-hydrogen) atoms. The van der Waals surface area contributed by atoms with E-state index in [0.29, 0.717) is 5.56 Å². The van der Waals surface area contributed by atoms with E-state index in [-0.39, 0.29) is 11.5 Å². The molecule has 0 unspecified atom stereocenters. The molecule has 5 heteroatoms. The minimum Gasteiger partial charge on any atom is -0.465 e. The normalized spacial score (nSPS) is 11.2.